The number of carbonyl (C=O) groups excluding carboxylic acids is 2. The van der Waals surface area contributed by atoms with E-state index in [2.05, 4.69) is 4.84 Å². The molecule has 1 heterocycles. The second-order valence-electron chi connectivity index (χ2n) is 4.90. The first-order valence-electron chi connectivity index (χ1n) is 6.96. The third kappa shape index (κ3) is 5.14. The Bertz CT molecular complexity index is 862. The number of carbonyl (C=O) groups is 2. The first-order valence-corrected chi connectivity index (χ1v) is 6.96. The summed E-state index contributed by atoms with van der Waals surface area (Å²) in [7, 11) is 0. The van der Waals surface area contributed by atoms with Crippen LogP contribution in [0.1, 0.15) is 20.8 Å². The largest absolute Gasteiger partial charge is 0.406 e. The summed E-state index contributed by atoms with van der Waals surface area (Å²) in [4.78, 5) is 39.5. The molecule has 0 saturated heterocycles. The molecule has 0 aliphatic heterocycles. The predicted octanol–water partition coefficient (Wildman–Crippen LogP) is 1.56. The molecule has 0 bridgehead atoms. The van der Waals surface area contributed by atoms with Gasteiger partial charge in [0.05, 0.1) is 0 Å². The number of benzene rings is 1. The molecule has 0 fully saturated rings. The molecule has 0 unspecified atom stereocenters. The minimum absolute atomic E-state index is 0.0311. The fourth-order valence-electron chi connectivity index (χ4n) is 1.88. The maximum atomic E-state index is 12.8. The van der Waals surface area contributed by atoms with Crippen LogP contribution in [0.3, 0.4) is 0 Å². The summed E-state index contributed by atoms with van der Waals surface area (Å²) >= 11 is 0. The highest BCUT2D eigenvalue weighted by Crippen LogP contribution is 2.17. The topological polar surface area (TPSA) is 89.4 Å². The predicted molar refractivity (Wildman–Crippen MR) is 79.2 cm³/mol. The molecule has 7 nitrogen and oxygen atoms in total. The van der Waals surface area contributed by atoms with Crippen molar-refractivity contribution in [2.45, 2.75) is 12.7 Å². The molecule has 26 heavy (non-hydrogen) atoms. The Balaban J connectivity index is 2.02. The average Bonchev–Trinajstić information content (AvgIpc) is 2.56. The van der Waals surface area contributed by atoms with Gasteiger partial charge in [-0.3, -0.25) is 19.6 Å². The Morgan fingerprint density at radius 2 is 1.73 bits per heavy atom. The number of hydrazine groups is 1. The molecule has 0 radical (unpaired) electrons. The van der Waals surface area contributed by atoms with E-state index in [4.69, 9.17) is 0 Å². The minimum Gasteiger partial charge on any atom is -0.345 e. The lowest BCUT2D eigenvalue weighted by atomic mass is 10.2. The molecule has 0 atom stereocenters. The van der Waals surface area contributed by atoms with Gasteiger partial charge >= 0.3 is 12.1 Å². The van der Waals surface area contributed by atoms with Crippen molar-refractivity contribution in [1.82, 2.24) is 15.6 Å². The summed E-state index contributed by atoms with van der Waals surface area (Å²) < 4.78 is 50.5. The smallest absolute Gasteiger partial charge is 0.345 e. The van der Waals surface area contributed by atoms with E-state index in [0.717, 1.165) is 42.5 Å². The van der Waals surface area contributed by atoms with Gasteiger partial charge in [0.15, 0.2) is 0 Å². The molecule has 0 saturated carbocycles. The molecule has 1 amide bonds. The van der Waals surface area contributed by atoms with Gasteiger partial charge in [-0.15, -0.1) is 0 Å². The van der Waals surface area contributed by atoms with Crippen LogP contribution < -0.4 is 16.6 Å². The van der Waals surface area contributed by atoms with Gasteiger partial charge < -0.3 is 4.84 Å². The fraction of sp³-hybridized carbons (Fsp3) is 0.133. The molecule has 1 aromatic carbocycles. The van der Waals surface area contributed by atoms with Crippen LogP contribution >= 0.6 is 0 Å². The summed E-state index contributed by atoms with van der Waals surface area (Å²) in [6.45, 7) is -1.68. The van der Waals surface area contributed by atoms with Gasteiger partial charge in [0.2, 0.25) is 0 Å². The van der Waals surface area contributed by atoms with E-state index in [1.165, 1.54) is 0 Å². The zero-order valence-corrected chi connectivity index (χ0v) is 12.8. The van der Waals surface area contributed by atoms with Crippen LogP contribution in [0.2, 0.25) is 0 Å². The third-order valence-corrected chi connectivity index (χ3v) is 3.01. The van der Waals surface area contributed by atoms with Crippen molar-refractivity contribution in [2.24, 2.45) is 0 Å². The van der Waals surface area contributed by atoms with Crippen LogP contribution in [-0.4, -0.2) is 22.6 Å². The molecular weight excluding hydrogens is 362 g/mol. The van der Waals surface area contributed by atoms with Crippen molar-refractivity contribution in [3.05, 3.63) is 69.9 Å². The molecule has 2 rings (SSSR count). The van der Waals surface area contributed by atoms with Crippen molar-refractivity contribution in [1.29, 1.82) is 0 Å². The SMILES string of the molecule is O=C(NNOC(=O)c1cccc(=O)n1CC(F)(F)F)c1ccc(F)cc1. The lowest BCUT2D eigenvalue weighted by Crippen LogP contribution is -2.40. The van der Waals surface area contributed by atoms with Gasteiger partial charge in [0, 0.05) is 11.6 Å². The highest BCUT2D eigenvalue weighted by atomic mass is 19.4. The number of nitrogens with one attached hydrogen (secondary N) is 2. The molecule has 0 aliphatic rings. The summed E-state index contributed by atoms with van der Waals surface area (Å²) in [5.41, 5.74) is 2.02. The van der Waals surface area contributed by atoms with Crippen molar-refractivity contribution in [3.63, 3.8) is 0 Å². The lowest BCUT2D eigenvalue weighted by molar-refractivity contribution is -0.141. The maximum absolute atomic E-state index is 12.8. The van der Waals surface area contributed by atoms with E-state index in [9.17, 15) is 31.9 Å². The average molecular weight is 373 g/mol. The van der Waals surface area contributed by atoms with E-state index in [1.54, 1.807) is 5.59 Å². The molecular formula is C15H11F4N3O4. The summed E-state index contributed by atoms with van der Waals surface area (Å²) in [6.07, 6.45) is -4.73. The first kappa shape index (κ1) is 19.1. The maximum Gasteiger partial charge on any atom is 0.406 e. The highest BCUT2D eigenvalue weighted by molar-refractivity contribution is 5.94. The summed E-state index contributed by atoms with van der Waals surface area (Å²) in [6, 6.07) is 7.27. The van der Waals surface area contributed by atoms with E-state index in [1.807, 2.05) is 5.43 Å². The van der Waals surface area contributed by atoms with Crippen molar-refractivity contribution < 1.29 is 32.0 Å². The zero-order chi connectivity index (χ0) is 19.3. The number of pyridine rings is 1. The normalized spacial score (nSPS) is 11.1. The van der Waals surface area contributed by atoms with Gasteiger partial charge in [0.25, 0.3) is 11.5 Å². The molecule has 2 aromatic rings. The van der Waals surface area contributed by atoms with Crippen LogP contribution in [0.15, 0.2) is 47.3 Å². The third-order valence-electron chi connectivity index (χ3n) is 3.01. The Morgan fingerprint density at radius 3 is 2.35 bits per heavy atom. The van der Waals surface area contributed by atoms with Crippen LogP contribution in [0, 0.1) is 5.82 Å². The quantitative estimate of drug-likeness (QED) is 0.613. The molecule has 138 valence electrons. The van der Waals surface area contributed by atoms with Crippen LogP contribution in [0.4, 0.5) is 17.6 Å². The van der Waals surface area contributed by atoms with Crippen molar-refractivity contribution >= 4 is 11.9 Å². The Labute approximate surface area is 143 Å². The number of hydrogen-bond donors (Lipinski definition) is 2. The molecule has 1 aromatic heterocycles. The van der Waals surface area contributed by atoms with E-state index < -0.39 is 41.7 Å². The Morgan fingerprint density at radius 1 is 1.08 bits per heavy atom. The number of rotatable bonds is 5. The van der Waals surface area contributed by atoms with Gasteiger partial charge in [-0.1, -0.05) is 11.7 Å². The zero-order valence-electron chi connectivity index (χ0n) is 12.8. The van der Waals surface area contributed by atoms with Crippen molar-refractivity contribution in [2.75, 3.05) is 0 Å². The van der Waals surface area contributed by atoms with Crippen LogP contribution in [0.5, 0.6) is 0 Å². The molecule has 0 aliphatic carbocycles. The van der Waals surface area contributed by atoms with E-state index in [0.29, 0.717) is 0 Å². The first-order chi connectivity index (χ1) is 12.2. The summed E-state index contributed by atoms with van der Waals surface area (Å²) in [5.74, 6) is -2.68. The minimum atomic E-state index is -4.73. The molecule has 2 N–H and O–H groups in total. The Kier molecular flexibility index (Phi) is 5.72. The number of amides is 1. The number of aromatic nitrogens is 1. The van der Waals surface area contributed by atoms with Crippen LogP contribution in [0.25, 0.3) is 0 Å². The number of halogens is 4. The molecule has 0 spiro atoms. The van der Waals surface area contributed by atoms with E-state index >= 15 is 0 Å². The van der Waals surface area contributed by atoms with Gasteiger partial charge in [0.1, 0.15) is 18.1 Å². The molecule has 11 heteroatoms. The second-order valence-corrected chi connectivity index (χ2v) is 4.90. The van der Waals surface area contributed by atoms with Crippen molar-refractivity contribution in [3.8, 4) is 0 Å². The summed E-state index contributed by atoms with van der Waals surface area (Å²) in [5, 5.41) is 0. The number of nitrogens with zero attached hydrogens (tertiary/aromatic N) is 1. The Hall–Kier alpha value is -3.21. The van der Waals surface area contributed by atoms with Crippen LogP contribution in [-0.2, 0) is 11.4 Å². The number of alkyl halides is 3. The lowest BCUT2D eigenvalue weighted by Gasteiger charge is -2.14. The van der Waals surface area contributed by atoms with E-state index in [-0.39, 0.29) is 10.1 Å². The highest BCUT2D eigenvalue weighted by Gasteiger charge is 2.30. The van der Waals surface area contributed by atoms with Gasteiger partial charge in [-0.05, 0) is 30.3 Å². The standard InChI is InChI=1S/C15H11F4N3O4/c16-10-6-4-9(5-7-10)13(24)20-21-26-14(25)11-2-1-3-12(23)22(11)8-15(17,18)19/h1-7,21H,8H2,(H,20,24). The monoisotopic (exact) mass is 373 g/mol. The van der Waals surface area contributed by atoms with Gasteiger partial charge in [-0.2, -0.15) is 13.2 Å². The van der Waals surface area contributed by atoms with Gasteiger partial charge in [-0.25, -0.2) is 9.18 Å². The second kappa shape index (κ2) is 7.78. The fourth-order valence-corrected chi connectivity index (χ4v) is 1.88. The number of hydrogen-bond acceptors (Lipinski definition) is 5.